The molecule has 1 fully saturated rings. The third kappa shape index (κ3) is 6.01. The fourth-order valence-electron chi connectivity index (χ4n) is 3.49. The maximum Gasteiger partial charge on any atom is 0.431 e. The van der Waals surface area contributed by atoms with Crippen LogP contribution in [-0.4, -0.2) is 49.0 Å². The fourth-order valence-corrected chi connectivity index (χ4v) is 4.83. The topological polar surface area (TPSA) is 103 Å². The minimum Gasteiger partial charge on any atom is -0.463 e. The van der Waals surface area contributed by atoms with Crippen LogP contribution in [0.2, 0.25) is 5.02 Å². The van der Waals surface area contributed by atoms with Crippen molar-refractivity contribution in [2.45, 2.75) is 37.8 Å². The van der Waals surface area contributed by atoms with Crippen LogP contribution < -0.4 is 11.2 Å². The Bertz CT molecular complexity index is 1450. The van der Waals surface area contributed by atoms with E-state index >= 15 is 0 Å². The predicted octanol–water partition coefficient (Wildman–Crippen LogP) is 3.81. The molecular formula is C23H21ClF4N4O5S. The minimum absolute atomic E-state index is 0.00493. The normalized spacial score (nSPS) is 17.0. The number of aromatic nitrogens is 2. The molecule has 2 heterocycles. The molecule has 9 nitrogen and oxygen atoms in total. The molecule has 0 spiro atoms. The lowest BCUT2D eigenvalue weighted by molar-refractivity contribution is -0.148. The number of halogens is 5. The van der Waals surface area contributed by atoms with E-state index in [1.165, 1.54) is 11.0 Å². The summed E-state index contributed by atoms with van der Waals surface area (Å²) in [6.07, 6.45) is -4.24. The number of rotatable bonds is 7. The molecule has 1 aliphatic heterocycles. The number of alkyl halides is 3. The lowest BCUT2D eigenvalue weighted by atomic mass is 10.2. The van der Waals surface area contributed by atoms with Crippen molar-refractivity contribution in [2.75, 3.05) is 6.54 Å². The van der Waals surface area contributed by atoms with Gasteiger partial charge in [0.2, 0.25) is 5.91 Å². The van der Waals surface area contributed by atoms with Gasteiger partial charge in [-0.1, -0.05) is 29.4 Å². The highest BCUT2D eigenvalue weighted by Gasteiger charge is 2.39. The fraction of sp³-hybridized carbons (Fsp3) is 0.348. The zero-order chi connectivity index (χ0) is 28.5. The lowest BCUT2D eigenvalue weighted by Gasteiger charge is -2.16. The zero-order valence-electron chi connectivity index (χ0n) is 20.2. The van der Waals surface area contributed by atoms with Crippen LogP contribution in [0.5, 0.6) is 0 Å². The first-order chi connectivity index (χ1) is 17.6. The number of hydrogen-bond donors (Lipinski definition) is 0. The van der Waals surface area contributed by atoms with E-state index in [1.807, 2.05) is 0 Å². The molecule has 2 aromatic rings. The van der Waals surface area contributed by atoms with E-state index < -0.39 is 51.8 Å². The maximum atomic E-state index is 14.8. The highest BCUT2D eigenvalue weighted by molar-refractivity contribution is 8.15. The van der Waals surface area contributed by atoms with E-state index in [2.05, 4.69) is 11.6 Å². The van der Waals surface area contributed by atoms with E-state index in [1.54, 1.807) is 13.8 Å². The molecule has 0 N–H and O–H groups in total. The van der Waals surface area contributed by atoms with Gasteiger partial charge in [-0.05, 0) is 26.0 Å². The molecule has 0 bridgehead atoms. The number of nitrogens with zero attached hydrogens (tertiary/aromatic N) is 4. The number of amidine groups is 1. The number of benzene rings is 1. The van der Waals surface area contributed by atoms with Crippen molar-refractivity contribution in [3.05, 3.63) is 68.2 Å². The molecular weight excluding hydrogens is 556 g/mol. The average molecular weight is 577 g/mol. The Hall–Kier alpha value is -3.39. The number of carbonyl (C=O) groups excluding carboxylic acids is 2. The molecule has 3 rings (SSSR count). The summed E-state index contributed by atoms with van der Waals surface area (Å²) < 4.78 is 59.8. The van der Waals surface area contributed by atoms with Crippen LogP contribution in [0.25, 0.3) is 5.69 Å². The van der Waals surface area contributed by atoms with E-state index in [-0.39, 0.29) is 50.1 Å². The van der Waals surface area contributed by atoms with Gasteiger partial charge in [0.05, 0.1) is 28.9 Å². The van der Waals surface area contributed by atoms with Gasteiger partial charge in [-0.25, -0.2) is 18.7 Å². The van der Waals surface area contributed by atoms with Crippen molar-refractivity contribution in [1.82, 2.24) is 14.0 Å². The van der Waals surface area contributed by atoms with Crippen LogP contribution in [-0.2, 0) is 27.5 Å². The second-order valence-electron chi connectivity index (χ2n) is 8.28. The Morgan fingerprint density at radius 3 is 2.50 bits per heavy atom. The van der Waals surface area contributed by atoms with Crippen LogP contribution in [0.15, 0.2) is 45.4 Å². The van der Waals surface area contributed by atoms with Crippen LogP contribution >= 0.6 is 23.4 Å². The van der Waals surface area contributed by atoms with Crippen LogP contribution in [0.1, 0.15) is 26.0 Å². The smallest absolute Gasteiger partial charge is 0.431 e. The van der Waals surface area contributed by atoms with Gasteiger partial charge < -0.3 is 4.74 Å². The summed E-state index contributed by atoms with van der Waals surface area (Å²) >= 11 is 7.04. The number of amides is 1. The van der Waals surface area contributed by atoms with Crippen molar-refractivity contribution in [2.24, 2.45) is 12.0 Å². The van der Waals surface area contributed by atoms with Crippen LogP contribution in [0.4, 0.5) is 23.2 Å². The number of aliphatic imine (C=N–C) groups is 1. The minimum atomic E-state index is -5.00. The van der Waals surface area contributed by atoms with Gasteiger partial charge in [0.15, 0.2) is 5.17 Å². The summed E-state index contributed by atoms with van der Waals surface area (Å²) in [6, 6.07) is 1.80. The third-order valence-corrected chi connectivity index (χ3v) is 6.61. The molecule has 1 atom stereocenters. The standard InChI is InChI=1S/C23H21ClF4N4O5S/c1-5-6-31-20(35)16(9-19(34)37-11(2)3)38-21(31)29-14-8-15(13(25)7-12(14)24)32-18(33)10-17(23(26,27)28)30(4)22(32)36/h5,7-8,10-11,16H,1,6,9H2,2-4H3/b29-21-. The van der Waals surface area contributed by atoms with Gasteiger partial charge in [-0.15, -0.1) is 6.58 Å². The molecule has 204 valence electrons. The van der Waals surface area contributed by atoms with Gasteiger partial charge in [0.25, 0.3) is 5.56 Å². The number of esters is 1. The summed E-state index contributed by atoms with van der Waals surface area (Å²) in [5, 5.41) is -1.10. The monoisotopic (exact) mass is 576 g/mol. The molecule has 1 aliphatic rings. The highest BCUT2D eigenvalue weighted by Crippen LogP contribution is 2.35. The molecule has 1 amide bonds. The molecule has 0 radical (unpaired) electrons. The van der Waals surface area contributed by atoms with E-state index in [9.17, 15) is 36.7 Å². The van der Waals surface area contributed by atoms with E-state index in [4.69, 9.17) is 16.3 Å². The third-order valence-electron chi connectivity index (χ3n) is 5.13. The second-order valence-corrected chi connectivity index (χ2v) is 9.86. The molecule has 0 saturated carbocycles. The molecule has 1 unspecified atom stereocenters. The summed E-state index contributed by atoms with van der Waals surface area (Å²) in [5.41, 5.74) is -5.28. The molecule has 15 heteroatoms. The highest BCUT2D eigenvalue weighted by atomic mass is 35.5. The lowest BCUT2D eigenvalue weighted by Crippen LogP contribution is -2.41. The first-order valence-electron chi connectivity index (χ1n) is 10.9. The Kier molecular flexibility index (Phi) is 8.56. The zero-order valence-corrected chi connectivity index (χ0v) is 21.8. The maximum absolute atomic E-state index is 14.8. The predicted molar refractivity (Wildman–Crippen MR) is 133 cm³/mol. The van der Waals surface area contributed by atoms with Gasteiger partial charge in [-0.2, -0.15) is 13.2 Å². The molecule has 1 aromatic carbocycles. The quantitative estimate of drug-likeness (QED) is 0.282. The summed E-state index contributed by atoms with van der Waals surface area (Å²) in [4.78, 5) is 55.5. The number of ether oxygens (including phenoxy) is 1. The van der Waals surface area contributed by atoms with Crippen LogP contribution in [0, 0.1) is 5.82 Å². The SMILES string of the molecule is C=CCN1C(=O)C(CC(=O)OC(C)C)S/C1=N\c1cc(-n2c(=O)cc(C(F)(F)F)n(C)c2=O)c(F)cc1Cl. The van der Waals surface area contributed by atoms with Crippen molar-refractivity contribution < 1.29 is 31.9 Å². The Labute approximate surface area is 222 Å². The molecule has 38 heavy (non-hydrogen) atoms. The van der Waals surface area contributed by atoms with Gasteiger partial charge in [0, 0.05) is 19.7 Å². The Balaban J connectivity index is 2.10. The van der Waals surface area contributed by atoms with Crippen molar-refractivity contribution >= 4 is 46.1 Å². The van der Waals surface area contributed by atoms with E-state index in [0.29, 0.717) is 0 Å². The van der Waals surface area contributed by atoms with Crippen molar-refractivity contribution in [3.8, 4) is 5.69 Å². The Morgan fingerprint density at radius 1 is 1.26 bits per heavy atom. The molecule has 1 aromatic heterocycles. The Morgan fingerprint density at radius 2 is 1.92 bits per heavy atom. The van der Waals surface area contributed by atoms with Crippen LogP contribution in [0.3, 0.4) is 0 Å². The number of carbonyl (C=O) groups is 2. The number of hydrogen-bond acceptors (Lipinski definition) is 7. The van der Waals surface area contributed by atoms with Crippen molar-refractivity contribution in [1.29, 1.82) is 0 Å². The van der Waals surface area contributed by atoms with Gasteiger partial charge in [0.1, 0.15) is 16.8 Å². The van der Waals surface area contributed by atoms with Gasteiger partial charge in [-0.3, -0.25) is 23.9 Å². The first kappa shape index (κ1) is 29.2. The summed E-state index contributed by atoms with van der Waals surface area (Å²) in [5.74, 6) is -2.25. The number of thioether (sulfide) groups is 1. The summed E-state index contributed by atoms with van der Waals surface area (Å²) in [7, 11) is 0.786. The van der Waals surface area contributed by atoms with Crippen molar-refractivity contribution in [3.63, 3.8) is 0 Å². The molecule has 1 saturated heterocycles. The second kappa shape index (κ2) is 11.2. The first-order valence-corrected chi connectivity index (χ1v) is 12.2. The molecule has 0 aliphatic carbocycles. The average Bonchev–Trinajstić information content (AvgIpc) is 3.06. The van der Waals surface area contributed by atoms with E-state index in [0.717, 1.165) is 30.9 Å². The summed E-state index contributed by atoms with van der Waals surface area (Å²) in [6.45, 7) is 6.89. The van der Waals surface area contributed by atoms with Gasteiger partial charge >= 0.3 is 17.8 Å². The largest absolute Gasteiger partial charge is 0.463 e.